The molecule has 2 nitrogen and oxygen atoms in total. The first-order valence-corrected chi connectivity index (χ1v) is 34.4. The molecule has 0 radical (unpaired) electrons. The molecular formula is C76H66IN2PS2. The van der Waals surface area contributed by atoms with E-state index in [0.717, 1.165) is 38.5 Å². The molecule has 3 heterocycles. The largest absolute Gasteiger partial charge is 0.312 e. The van der Waals surface area contributed by atoms with Crippen LogP contribution < -0.4 is 9.75 Å². The lowest BCUT2D eigenvalue weighted by Crippen LogP contribution is -2.28. The number of nitrogens with zero attached hydrogens (tertiary/aromatic N) is 2. The number of hydrogen-bond acceptors (Lipinski definition) is 2. The lowest BCUT2D eigenvalue weighted by molar-refractivity contribution is 0.609. The summed E-state index contributed by atoms with van der Waals surface area (Å²) in [5.74, 6) is 1.72. The number of rotatable bonds is 5. The van der Waals surface area contributed by atoms with Gasteiger partial charge in [0.2, 0.25) is 0 Å². The van der Waals surface area contributed by atoms with E-state index in [1.54, 1.807) is 0 Å². The van der Waals surface area contributed by atoms with Crippen LogP contribution in [0.4, 0.5) is 0 Å². The van der Waals surface area contributed by atoms with Crippen molar-refractivity contribution in [1.29, 1.82) is 0 Å². The highest BCUT2D eigenvalue weighted by Gasteiger charge is 2.35. The summed E-state index contributed by atoms with van der Waals surface area (Å²) in [6.07, 6.45) is 27.6. The first-order chi connectivity index (χ1) is 40.3. The number of para-hydroxylation sites is 1. The van der Waals surface area contributed by atoms with Crippen LogP contribution in [0.3, 0.4) is 0 Å². The Morgan fingerprint density at radius 3 is 2.12 bits per heavy atom. The van der Waals surface area contributed by atoms with Gasteiger partial charge in [0.25, 0.3) is 0 Å². The Kier molecular flexibility index (Phi) is 14.0. The zero-order chi connectivity index (χ0) is 56.1. The van der Waals surface area contributed by atoms with Gasteiger partial charge in [0.15, 0.2) is 0 Å². The zero-order valence-electron chi connectivity index (χ0n) is 47.3. The summed E-state index contributed by atoms with van der Waals surface area (Å²) in [7, 11) is 5.91. The van der Waals surface area contributed by atoms with Crippen molar-refractivity contribution >= 4 is 115 Å². The van der Waals surface area contributed by atoms with Crippen molar-refractivity contribution in [1.82, 2.24) is 9.13 Å². The fraction of sp³-hybridized carbons (Fsp3) is 0.184. The minimum absolute atomic E-state index is 0.396. The molecular weight excluding hydrogens is 1160 g/mol. The summed E-state index contributed by atoms with van der Waals surface area (Å²) in [4.78, 5) is 1.32. The maximum Gasteiger partial charge on any atom is 0.0543 e. The van der Waals surface area contributed by atoms with Gasteiger partial charge in [-0.3, -0.25) is 0 Å². The number of fused-ring (bicyclic) bond motifs is 18. The van der Waals surface area contributed by atoms with E-state index < -0.39 is 0 Å². The molecule has 404 valence electrons. The van der Waals surface area contributed by atoms with Crippen molar-refractivity contribution < 1.29 is 0 Å². The SMILES string of the molecule is C=Cc1sc2c(c1C)=CC(C)C(C)C=2.CC1CC=Cc2c1n(-c1cccc3c1-c1cccc(-c4ccc5c(c4)-c4cccc(-c6cccc7c6C6=CCCC=C67)c4C5)c1-3)c1ccc(-n3c4c(c5ccccc53)CCC=C4)cc21.CP.SI. The summed E-state index contributed by atoms with van der Waals surface area (Å²) in [5, 5.41) is 4.14. The molecule has 10 aromatic rings. The number of halogens is 1. The van der Waals surface area contributed by atoms with E-state index in [4.69, 9.17) is 0 Å². The van der Waals surface area contributed by atoms with Crippen molar-refractivity contribution in [2.45, 2.75) is 72.1 Å². The molecule has 4 unspecified atom stereocenters. The van der Waals surface area contributed by atoms with Crippen molar-refractivity contribution in [3.63, 3.8) is 0 Å². The number of allylic oxidation sites excluding steroid dienone is 6. The lowest BCUT2D eigenvalue weighted by atomic mass is 9.71. The first kappa shape index (κ1) is 53.3. The van der Waals surface area contributed by atoms with E-state index in [1.807, 2.05) is 45.3 Å². The smallest absolute Gasteiger partial charge is 0.0543 e. The molecule has 0 fully saturated rings. The van der Waals surface area contributed by atoms with Gasteiger partial charge in [0.05, 0.1) is 16.7 Å². The maximum absolute atomic E-state index is 3.86. The predicted molar refractivity (Wildman–Crippen MR) is 373 cm³/mol. The summed E-state index contributed by atoms with van der Waals surface area (Å²) in [5.41, 5.74) is 34.3. The fourth-order valence-electron chi connectivity index (χ4n) is 14.7. The molecule has 6 heteroatoms. The van der Waals surface area contributed by atoms with Gasteiger partial charge in [-0.05, 0) is 221 Å². The van der Waals surface area contributed by atoms with Gasteiger partial charge in [-0.1, -0.05) is 180 Å². The lowest BCUT2D eigenvalue weighted by Gasteiger charge is -2.32. The minimum atomic E-state index is 0.396. The Hall–Kier alpha value is -6.73. The average Bonchev–Trinajstić information content (AvgIpc) is 2.52. The molecule has 4 atom stereocenters. The molecule has 3 aromatic heterocycles. The molecule has 0 spiro atoms. The summed E-state index contributed by atoms with van der Waals surface area (Å²) in [6.45, 7) is 14.9. The molecule has 0 saturated carbocycles. The second kappa shape index (κ2) is 21.5. The van der Waals surface area contributed by atoms with E-state index in [2.05, 4.69) is 245 Å². The number of thiophene rings is 1. The van der Waals surface area contributed by atoms with Crippen LogP contribution in [0.1, 0.15) is 108 Å². The molecule has 82 heavy (non-hydrogen) atoms. The predicted octanol–water partition coefficient (Wildman–Crippen LogP) is 20.5. The molecule has 0 saturated heterocycles. The van der Waals surface area contributed by atoms with Crippen LogP contribution in [0, 0.1) is 18.8 Å². The van der Waals surface area contributed by atoms with Crippen LogP contribution in [0.2, 0.25) is 0 Å². The molecule has 0 aliphatic heterocycles. The third-order valence-corrected chi connectivity index (χ3v) is 20.0. The van der Waals surface area contributed by atoms with Crippen LogP contribution in [-0.4, -0.2) is 15.8 Å². The van der Waals surface area contributed by atoms with E-state index >= 15 is 0 Å². The Balaban J connectivity index is 0.000000290. The van der Waals surface area contributed by atoms with Crippen LogP contribution in [0.25, 0.3) is 130 Å². The topological polar surface area (TPSA) is 9.86 Å². The molecule has 7 aliphatic rings. The average molecular weight is 1230 g/mol. The molecule has 7 aliphatic carbocycles. The molecule has 7 aromatic carbocycles. The van der Waals surface area contributed by atoms with Crippen LogP contribution >= 0.6 is 51.6 Å². The molecule has 0 bridgehead atoms. The number of benzene rings is 7. The summed E-state index contributed by atoms with van der Waals surface area (Å²) in [6, 6.07) is 51.3. The number of thiol groups is 1. The summed E-state index contributed by atoms with van der Waals surface area (Å²) < 4.78 is 6.55. The van der Waals surface area contributed by atoms with Gasteiger partial charge in [0.1, 0.15) is 0 Å². The van der Waals surface area contributed by atoms with E-state index in [0.29, 0.717) is 17.8 Å². The van der Waals surface area contributed by atoms with Gasteiger partial charge >= 0.3 is 0 Å². The quantitative estimate of drug-likeness (QED) is 0.1000. The van der Waals surface area contributed by atoms with E-state index in [9.17, 15) is 0 Å². The zero-order valence-corrected chi connectivity index (χ0v) is 52.3. The van der Waals surface area contributed by atoms with Crippen LogP contribution in [-0.2, 0) is 12.8 Å². The molecule has 17 rings (SSSR count). The van der Waals surface area contributed by atoms with Crippen molar-refractivity contribution in [3.05, 3.63) is 229 Å². The summed E-state index contributed by atoms with van der Waals surface area (Å²) >= 11 is 3.71. The highest BCUT2D eigenvalue weighted by Crippen LogP contribution is 2.57. The third-order valence-electron chi connectivity index (χ3n) is 18.7. The van der Waals surface area contributed by atoms with E-state index in [-0.39, 0.29) is 0 Å². The highest BCUT2D eigenvalue weighted by atomic mass is 127. The second-order valence-corrected chi connectivity index (χ2v) is 24.1. The number of aromatic nitrogens is 2. The van der Waals surface area contributed by atoms with Crippen LogP contribution in [0.15, 0.2) is 164 Å². The van der Waals surface area contributed by atoms with Gasteiger partial charge in [-0.2, -0.15) is 0 Å². The minimum Gasteiger partial charge on any atom is -0.312 e. The Labute approximate surface area is 507 Å². The Morgan fingerprint density at radius 2 is 1.30 bits per heavy atom. The fourth-order valence-corrected chi connectivity index (χ4v) is 15.9. The van der Waals surface area contributed by atoms with Crippen molar-refractivity contribution in [3.8, 4) is 67.0 Å². The second-order valence-electron chi connectivity index (χ2n) is 23.0. The van der Waals surface area contributed by atoms with Crippen LogP contribution in [0.5, 0.6) is 0 Å². The number of hydrogen-bond donors (Lipinski definition) is 1. The maximum atomic E-state index is 3.86. The Morgan fingerprint density at radius 1 is 0.610 bits per heavy atom. The normalized spacial score (nSPS) is 17.4. The van der Waals surface area contributed by atoms with Gasteiger partial charge < -0.3 is 9.13 Å². The van der Waals surface area contributed by atoms with Crippen molar-refractivity contribution in [2.75, 3.05) is 6.66 Å². The van der Waals surface area contributed by atoms with Crippen molar-refractivity contribution in [2.24, 2.45) is 11.8 Å². The monoisotopic (exact) mass is 1230 g/mol. The first-order valence-electron chi connectivity index (χ1n) is 29.2. The Bertz CT molecular complexity index is 4600. The molecule has 0 N–H and O–H groups in total. The van der Waals surface area contributed by atoms with Gasteiger partial charge in [-0.25, -0.2) is 0 Å². The number of aryl methyl sites for hydroxylation is 1. The van der Waals surface area contributed by atoms with Gasteiger partial charge in [-0.15, -0.1) is 30.4 Å². The molecule has 0 amide bonds. The standard InChI is InChI=1S/C62H44N2.C13H16S.CH5P.HIS/c1-36-13-8-23-49-54-35-39(63-55-26-6-4-15-44(55)45-16-5-7-27-56(45)63)31-32-57(54)64(62(36)49)58-28-12-25-51-59-40(18-9-24-50(59)61(51)58)37-29-30-38-34-53-42(19-10-20-43(53)52(38)33-37)48-22-11-21-47-41-14-2-3-17-46(41)60(47)48;1-5-12-10(4)11-6-8(2)9(3)7-13(11)14-12;2*1-2/h4,6-12,14-15,17-33,35-36H,2-3,5,13,16,34H2,1H3;5-9H,1H2,2-4H3;2H2,1H3;2H. The van der Waals surface area contributed by atoms with Gasteiger partial charge in [0, 0.05) is 54.3 Å². The third kappa shape index (κ3) is 8.18. The van der Waals surface area contributed by atoms with E-state index in [1.165, 1.54) is 165 Å². The highest BCUT2D eigenvalue weighted by molar-refractivity contribution is 14.2.